The molecule has 1 unspecified atom stereocenters. The van der Waals surface area contributed by atoms with Crippen molar-refractivity contribution in [2.24, 2.45) is 11.7 Å². The number of halogens is 3. The van der Waals surface area contributed by atoms with Crippen LogP contribution in [0.5, 0.6) is 0 Å². The molecule has 1 aromatic carbocycles. The number of H-pyrrole nitrogens is 1. The summed E-state index contributed by atoms with van der Waals surface area (Å²) < 4.78 is 5.38. The quantitative estimate of drug-likeness (QED) is 0.489. The Morgan fingerprint density at radius 2 is 2.03 bits per heavy atom. The molecule has 0 amide bonds. The van der Waals surface area contributed by atoms with Crippen LogP contribution >= 0.6 is 48.2 Å². The first-order chi connectivity index (χ1) is 13.1. The van der Waals surface area contributed by atoms with E-state index in [1.54, 1.807) is 11.8 Å². The molecule has 0 saturated carbocycles. The third kappa shape index (κ3) is 7.38. The molecule has 4 N–H and O–H groups in total. The summed E-state index contributed by atoms with van der Waals surface area (Å²) in [6.45, 7) is 7.78. The molecule has 1 fully saturated rings. The molecule has 1 saturated heterocycles. The predicted molar refractivity (Wildman–Crippen MR) is 126 cm³/mol. The highest BCUT2D eigenvalue weighted by molar-refractivity contribution is 7.99. The monoisotopic (exact) mass is 482 g/mol. The van der Waals surface area contributed by atoms with Crippen LogP contribution in [0.3, 0.4) is 0 Å². The number of nitrogens with one attached hydrogen (secondary N) is 2. The molecule has 164 valence electrons. The molecule has 2 aromatic rings. The fraction of sp³-hybridized carbons (Fsp3) is 0.556. The van der Waals surface area contributed by atoms with Gasteiger partial charge in [0.25, 0.3) is 0 Å². The lowest BCUT2D eigenvalue weighted by Gasteiger charge is -2.25. The van der Waals surface area contributed by atoms with Gasteiger partial charge < -0.3 is 20.7 Å². The Morgan fingerprint density at radius 3 is 2.69 bits per heavy atom. The van der Waals surface area contributed by atoms with Crippen LogP contribution in [0.2, 0.25) is 5.02 Å². The number of ether oxygens (including phenoxy) is 1. The van der Waals surface area contributed by atoms with Gasteiger partial charge in [-0.05, 0) is 24.1 Å². The lowest BCUT2D eigenvalue weighted by molar-refractivity contribution is 0.122. The summed E-state index contributed by atoms with van der Waals surface area (Å²) in [5.41, 5.74) is 6.95. The van der Waals surface area contributed by atoms with E-state index < -0.39 is 0 Å². The van der Waals surface area contributed by atoms with Gasteiger partial charge in [-0.1, -0.05) is 25.4 Å². The van der Waals surface area contributed by atoms with Gasteiger partial charge in [-0.3, -0.25) is 5.10 Å². The van der Waals surface area contributed by atoms with E-state index in [-0.39, 0.29) is 30.9 Å². The second kappa shape index (κ2) is 12.7. The summed E-state index contributed by atoms with van der Waals surface area (Å²) in [5.74, 6) is 3.05. The Morgan fingerprint density at radius 1 is 1.31 bits per heavy atom. The third-order valence-corrected chi connectivity index (χ3v) is 6.12. The van der Waals surface area contributed by atoms with Crippen LogP contribution in [0.25, 0.3) is 0 Å². The largest absolute Gasteiger partial charge is 0.378 e. The zero-order chi connectivity index (χ0) is 19.2. The number of benzene rings is 1. The van der Waals surface area contributed by atoms with E-state index in [2.05, 4.69) is 45.3 Å². The number of aromatic nitrogens is 3. The van der Waals surface area contributed by atoms with Crippen molar-refractivity contribution in [3.63, 3.8) is 0 Å². The molecule has 7 nitrogen and oxygen atoms in total. The van der Waals surface area contributed by atoms with Crippen molar-refractivity contribution in [1.82, 2.24) is 15.2 Å². The van der Waals surface area contributed by atoms with Crippen LogP contribution < -0.4 is 16.0 Å². The van der Waals surface area contributed by atoms with E-state index in [1.165, 1.54) is 0 Å². The highest BCUT2D eigenvalue weighted by Crippen LogP contribution is 2.32. The number of rotatable bonds is 8. The summed E-state index contributed by atoms with van der Waals surface area (Å²) >= 11 is 8.10. The van der Waals surface area contributed by atoms with Crippen molar-refractivity contribution in [2.75, 3.05) is 48.8 Å². The zero-order valence-electron chi connectivity index (χ0n) is 16.6. The van der Waals surface area contributed by atoms with Crippen molar-refractivity contribution < 1.29 is 4.74 Å². The molecule has 0 spiro atoms. The van der Waals surface area contributed by atoms with Crippen molar-refractivity contribution in [3.8, 4) is 0 Å². The molecule has 2 heterocycles. The molecule has 0 radical (unpaired) electrons. The molecule has 1 aliphatic rings. The Hall–Kier alpha value is -0.900. The molecule has 0 bridgehead atoms. The first-order valence-corrected chi connectivity index (χ1v) is 10.6. The fourth-order valence-corrected chi connectivity index (χ4v) is 3.94. The topological polar surface area (TPSA) is 92.1 Å². The normalized spacial score (nSPS) is 14.9. The maximum absolute atomic E-state index is 6.34. The minimum atomic E-state index is -0.156. The highest BCUT2D eigenvalue weighted by atomic mass is 35.5. The number of hydrogen-bond donors (Lipinski definition) is 3. The van der Waals surface area contributed by atoms with Gasteiger partial charge >= 0.3 is 0 Å². The SMILES string of the molecule is CC(C)CSc1cc(NC(CN)c2nc(N3CCOCC3)n[nH]2)ccc1Cl.Cl.Cl. The van der Waals surface area contributed by atoms with Crippen molar-refractivity contribution >= 4 is 59.8 Å². The lowest BCUT2D eigenvalue weighted by atomic mass is 10.2. The summed E-state index contributed by atoms with van der Waals surface area (Å²) in [4.78, 5) is 7.81. The summed E-state index contributed by atoms with van der Waals surface area (Å²) in [6, 6.07) is 5.79. The smallest absolute Gasteiger partial charge is 0.244 e. The maximum Gasteiger partial charge on any atom is 0.244 e. The number of thioether (sulfide) groups is 1. The molecule has 1 atom stereocenters. The number of anilines is 2. The second-order valence-electron chi connectivity index (χ2n) is 6.90. The zero-order valence-corrected chi connectivity index (χ0v) is 19.8. The fourth-order valence-electron chi connectivity index (χ4n) is 2.73. The summed E-state index contributed by atoms with van der Waals surface area (Å²) in [5, 5.41) is 11.6. The van der Waals surface area contributed by atoms with Crippen molar-refractivity contribution in [1.29, 1.82) is 0 Å². The van der Waals surface area contributed by atoms with Gasteiger partial charge in [0.2, 0.25) is 5.95 Å². The van der Waals surface area contributed by atoms with Crippen LogP contribution in [0.15, 0.2) is 23.1 Å². The van der Waals surface area contributed by atoms with Crippen LogP contribution in [0.4, 0.5) is 11.6 Å². The first kappa shape index (κ1) is 26.1. The summed E-state index contributed by atoms with van der Waals surface area (Å²) in [7, 11) is 0. The third-order valence-electron chi connectivity index (χ3n) is 4.19. The molecular weight excluding hydrogens is 455 g/mol. The number of hydrogen-bond acceptors (Lipinski definition) is 7. The molecule has 11 heteroatoms. The second-order valence-corrected chi connectivity index (χ2v) is 8.37. The van der Waals surface area contributed by atoms with E-state index in [1.807, 2.05) is 12.1 Å². The minimum absolute atomic E-state index is 0. The van der Waals surface area contributed by atoms with Crippen LogP contribution in [0.1, 0.15) is 25.7 Å². The van der Waals surface area contributed by atoms with Gasteiger partial charge in [0, 0.05) is 36.0 Å². The van der Waals surface area contributed by atoms with Crippen LogP contribution in [-0.4, -0.2) is 53.8 Å². The van der Waals surface area contributed by atoms with Crippen LogP contribution in [0, 0.1) is 5.92 Å². The lowest BCUT2D eigenvalue weighted by Crippen LogP contribution is -2.37. The average molecular weight is 484 g/mol. The standard InChI is InChI=1S/C18H27ClN6OS.2ClH/c1-12(2)11-27-16-9-13(3-4-14(16)19)21-15(10-20)17-22-18(24-23-17)25-5-7-26-8-6-25;;/h3-4,9,12,15,21H,5-8,10-11,20H2,1-2H3,(H,22,23,24);2*1H. The number of nitrogens with zero attached hydrogens (tertiary/aromatic N) is 3. The number of morpholine rings is 1. The molecular formula is C18H29Cl3N6OS. The Labute approximate surface area is 193 Å². The molecule has 1 aromatic heterocycles. The van der Waals surface area contributed by atoms with E-state index in [9.17, 15) is 0 Å². The van der Waals surface area contributed by atoms with E-state index in [0.717, 1.165) is 40.3 Å². The Bertz CT molecular complexity index is 742. The Kier molecular flexibility index (Phi) is 11.5. The molecule has 1 aliphatic heterocycles. The van der Waals surface area contributed by atoms with Gasteiger partial charge in [0.15, 0.2) is 0 Å². The molecule has 0 aliphatic carbocycles. The van der Waals surface area contributed by atoms with E-state index in [0.29, 0.717) is 31.6 Å². The van der Waals surface area contributed by atoms with Crippen LogP contribution in [-0.2, 0) is 4.74 Å². The highest BCUT2D eigenvalue weighted by Gasteiger charge is 2.20. The van der Waals surface area contributed by atoms with Crippen molar-refractivity contribution in [2.45, 2.75) is 24.8 Å². The predicted octanol–water partition coefficient (Wildman–Crippen LogP) is 4.00. The van der Waals surface area contributed by atoms with Gasteiger partial charge in [-0.2, -0.15) is 4.98 Å². The first-order valence-electron chi connectivity index (χ1n) is 9.20. The van der Waals surface area contributed by atoms with E-state index in [4.69, 9.17) is 22.1 Å². The number of aromatic amines is 1. The Balaban J connectivity index is 0.00000210. The van der Waals surface area contributed by atoms with Crippen molar-refractivity contribution in [3.05, 3.63) is 29.0 Å². The minimum Gasteiger partial charge on any atom is -0.378 e. The summed E-state index contributed by atoms with van der Waals surface area (Å²) in [6.07, 6.45) is 0. The molecule has 29 heavy (non-hydrogen) atoms. The number of nitrogens with two attached hydrogens (primary N) is 1. The van der Waals surface area contributed by atoms with Gasteiger partial charge in [-0.25, -0.2) is 0 Å². The molecule has 3 rings (SSSR count). The van der Waals surface area contributed by atoms with Gasteiger partial charge in [0.1, 0.15) is 5.82 Å². The van der Waals surface area contributed by atoms with E-state index >= 15 is 0 Å². The van der Waals surface area contributed by atoms with Gasteiger partial charge in [-0.15, -0.1) is 41.7 Å². The van der Waals surface area contributed by atoms with Gasteiger partial charge in [0.05, 0.1) is 24.3 Å². The maximum atomic E-state index is 6.34. The average Bonchev–Trinajstić information content (AvgIpc) is 3.17.